The Morgan fingerprint density at radius 3 is 2.62 bits per heavy atom. The number of nitrogens with zero attached hydrogens (tertiary/aromatic N) is 1. The van der Waals surface area contributed by atoms with Crippen LogP contribution in [0, 0.1) is 0 Å². The smallest absolute Gasteiger partial charge is 0.253 e. The van der Waals surface area contributed by atoms with Crippen LogP contribution >= 0.6 is 0 Å². The lowest BCUT2D eigenvalue weighted by Gasteiger charge is -2.09. The Kier molecular flexibility index (Phi) is 4.50. The minimum atomic E-state index is -0.253. The van der Waals surface area contributed by atoms with Crippen molar-refractivity contribution < 1.29 is 9.59 Å². The van der Waals surface area contributed by atoms with E-state index in [9.17, 15) is 9.59 Å². The molecule has 0 radical (unpaired) electrons. The zero-order valence-corrected chi connectivity index (χ0v) is 11.6. The molecule has 21 heavy (non-hydrogen) atoms. The average Bonchev–Trinajstić information content (AvgIpc) is 2.49. The van der Waals surface area contributed by atoms with E-state index in [2.05, 4.69) is 15.6 Å². The van der Waals surface area contributed by atoms with E-state index in [4.69, 9.17) is 5.73 Å². The molecule has 2 aromatic rings. The summed E-state index contributed by atoms with van der Waals surface area (Å²) < 4.78 is 0. The fraction of sp³-hybridized carbons (Fsp3) is 0.133. The number of hydrogen-bond acceptors (Lipinski definition) is 4. The lowest BCUT2D eigenvalue weighted by atomic mass is 10.1. The number of amides is 2. The first-order chi connectivity index (χ1) is 10.1. The Morgan fingerprint density at radius 2 is 1.95 bits per heavy atom. The van der Waals surface area contributed by atoms with E-state index in [1.807, 2.05) is 0 Å². The van der Waals surface area contributed by atoms with Gasteiger partial charge in [-0.25, -0.2) is 0 Å². The van der Waals surface area contributed by atoms with E-state index in [0.717, 1.165) is 0 Å². The fourth-order valence-electron chi connectivity index (χ4n) is 1.82. The fourth-order valence-corrected chi connectivity index (χ4v) is 1.82. The quantitative estimate of drug-likeness (QED) is 0.786. The third kappa shape index (κ3) is 3.79. The Bertz CT molecular complexity index is 653. The largest absolute Gasteiger partial charge is 0.397 e. The summed E-state index contributed by atoms with van der Waals surface area (Å²) in [6.07, 6.45) is 1.61. The van der Waals surface area contributed by atoms with E-state index in [-0.39, 0.29) is 18.2 Å². The van der Waals surface area contributed by atoms with Gasteiger partial charge in [-0.2, -0.15) is 0 Å². The van der Waals surface area contributed by atoms with Gasteiger partial charge >= 0.3 is 0 Å². The van der Waals surface area contributed by atoms with Crippen molar-refractivity contribution in [3.63, 3.8) is 0 Å². The van der Waals surface area contributed by atoms with Gasteiger partial charge in [-0.05, 0) is 24.3 Å². The van der Waals surface area contributed by atoms with Crippen molar-refractivity contribution in [2.45, 2.75) is 6.42 Å². The number of carbonyl (C=O) groups is 2. The number of carbonyl (C=O) groups excluding carboxylic acids is 2. The van der Waals surface area contributed by atoms with Crippen LogP contribution in [0.3, 0.4) is 0 Å². The molecular formula is C15H16N4O2. The molecule has 0 spiro atoms. The summed E-state index contributed by atoms with van der Waals surface area (Å²) in [7, 11) is 1.54. The molecule has 0 aliphatic carbocycles. The third-order valence-electron chi connectivity index (χ3n) is 2.86. The maximum atomic E-state index is 12.0. The molecule has 0 saturated heterocycles. The van der Waals surface area contributed by atoms with E-state index >= 15 is 0 Å². The molecule has 1 aromatic heterocycles. The molecular weight excluding hydrogens is 268 g/mol. The van der Waals surface area contributed by atoms with Crippen LogP contribution in [-0.4, -0.2) is 23.8 Å². The molecule has 0 saturated carbocycles. The Morgan fingerprint density at radius 1 is 1.19 bits per heavy atom. The summed E-state index contributed by atoms with van der Waals surface area (Å²) in [5, 5.41) is 5.25. The van der Waals surface area contributed by atoms with Crippen LogP contribution in [0.25, 0.3) is 0 Å². The minimum Gasteiger partial charge on any atom is -0.397 e. The summed E-state index contributed by atoms with van der Waals surface area (Å²) in [5.74, 6) is -0.500. The van der Waals surface area contributed by atoms with Gasteiger partial charge in [0.15, 0.2) is 0 Å². The van der Waals surface area contributed by atoms with Crippen molar-refractivity contribution in [2.24, 2.45) is 0 Å². The number of benzene rings is 1. The number of rotatable bonds is 4. The van der Waals surface area contributed by atoms with Crippen LogP contribution < -0.4 is 16.4 Å². The molecule has 0 bridgehead atoms. The van der Waals surface area contributed by atoms with Crippen LogP contribution in [-0.2, 0) is 11.2 Å². The predicted molar refractivity (Wildman–Crippen MR) is 80.8 cm³/mol. The second-order valence-corrected chi connectivity index (χ2v) is 4.43. The molecule has 6 nitrogen and oxygen atoms in total. The van der Waals surface area contributed by atoms with E-state index < -0.39 is 0 Å². The molecule has 4 N–H and O–H groups in total. The van der Waals surface area contributed by atoms with E-state index in [1.54, 1.807) is 43.4 Å². The summed E-state index contributed by atoms with van der Waals surface area (Å²) in [5.41, 5.74) is 7.58. The second-order valence-electron chi connectivity index (χ2n) is 4.43. The predicted octanol–water partition coefficient (Wildman–Crippen LogP) is 1.20. The molecule has 0 atom stereocenters. The number of pyridine rings is 1. The zero-order valence-electron chi connectivity index (χ0n) is 11.6. The van der Waals surface area contributed by atoms with Crippen LogP contribution in [0.1, 0.15) is 16.1 Å². The van der Waals surface area contributed by atoms with Crippen molar-refractivity contribution in [3.05, 3.63) is 53.9 Å². The molecule has 0 fully saturated rings. The number of nitrogens with one attached hydrogen (secondary N) is 2. The second kappa shape index (κ2) is 6.51. The highest BCUT2D eigenvalue weighted by Crippen LogP contribution is 2.15. The molecule has 0 unspecified atom stereocenters. The maximum absolute atomic E-state index is 12.0. The molecule has 108 valence electrons. The first kappa shape index (κ1) is 14.5. The minimum absolute atomic E-state index is 0.113. The zero-order chi connectivity index (χ0) is 15.2. The van der Waals surface area contributed by atoms with E-state index in [0.29, 0.717) is 22.6 Å². The highest BCUT2D eigenvalue weighted by molar-refractivity contribution is 6.03. The topological polar surface area (TPSA) is 97.1 Å². The Balaban J connectivity index is 2.09. The molecule has 1 heterocycles. The van der Waals surface area contributed by atoms with Crippen molar-refractivity contribution in [3.8, 4) is 0 Å². The van der Waals surface area contributed by atoms with Gasteiger partial charge in [0.05, 0.1) is 29.6 Å². The van der Waals surface area contributed by atoms with Crippen LogP contribution in [0.4, 0.5) is 11.4 Å². The van der Waals surface area contributed by atoms with Crippen molar-refractivity contribution in [2.75, 3.05) is 18.1 Å². The van der Waals surface area contributed by atoms with Crippen LogP contribution in [0.2, 0.25) is 0 Å². The molecule has 2 rings (SSSR count). The summed E-state index contributed by atoms with van der Waals surface area (Å²) >= 11 is 0. The standard InChI is InChI=1S/C15H16N4O2/c1-17-15(21)12-4-2-3-5-13(12)19-14(20)8-11-7-6-10(16)9-18-11/h2-7,9H,8,16H2,1H3,(H,17,21)(H,19,20). The van der Waals surface area contributed by atoms with Crippen molar-refractivity contribution in [1.29, 1.82) is 0 Å². The maximum Gasteiger partial charge on any atom is 0.253 e. The average molecular weight is 284 g/mol. The molecule has 1 aromatic carbocycles. The SMILES string of the molecule is CNC(=O)c1ccccc1NC(=O)Cc1ccc(N)cn1. The monoisotopic (exact) mass is 284 g/mol. The Labute approximate surface area is 122 Å². The Hall–Kier alpha value is -2.89. The van der Waals surface area contributed by atoms with Crippen LogP contribution in [0.15, 0.2) is 42.6 Å². The molecule has 0 aliphatic heterocycles. The highest BCUT2D eigenvalue weighted by Gasteiger charge is 2.12. The van der Waals surface area contributed by atoms with Crippen LogP contribution in [0.5, 0.6) is 0 Å². The van der Waals surface area contributed by atoms with Gasteiger partial charge in [0.1, 0.15) is 0 Å². The lowest BCUT2D eigenvalue weighted by Crippen LogP contribution is -2.22. The highest BCUT2D eigenvalue weighted by atomic mass is 16.2. The normalized spacial score (nSPS) is 9.95. The summed E-state index contributed by atoms with van der Waals surface area (Å²) in [6.45, 7) is 0. The van der Waals surface area contributed by atoms with Gasteiger partial charge < -0.3 is 16.4 Å². The van der Waals surface area contributed by atoms with Gasteiger partial charge in [-0.15, -0.1) is 0 Å². The van der Waals surface area contributed by atoms with Gasteiger partial charge in [0.25, 0.3) is 5.91 Å². The number of anilines is 2. The third-order valence-corrected chi connectivity index (χ3v) is 2.86. The first-order valence-corrected chi connectivity index (χ1v) is 6.41. The van der Waals surface area contributed by atoms with Crippen molar-refractivity contribution in [1.82, 2.24) is 10.3 Å². The summed E-state index contributed by atoms with van der Waals surface area (Å²) in [6, 6.07) is 10.2. The number of aromatic nitrogens is 1. The number of nitrogen functional groups attached to an aromatic ring is 1. The molecule has 6 heteroatoms. The summed E-state index contributed by atoms with van der Waals surface area (Å²) in [4.78, 5) is 27.8. The first-order valence-electron chi connectivity index (χ1n) is 6.41. The van der Waals surface area contributed by atoms with Gasteiger partial charge in [0, 0.05) is 12.7 Å². The van der Waals surface area contributed by atoms with Crippen molar-refractivity contribution >= 4 is 23.2 Å². The van der Waals surface area contributed by atoms with Gasteiger partial charge in [-0.3, -0.25) is 14.6 Å². The molecule has 0 aliphatic rings. The van der Waals surface area contributed by atoms with Gasteiger partial charge in [-0.1, -0.05) is 12.1 Å². The number of nitrogens with two attached hydrogens (primary N) is 1. The number of hydrogen-bond donors (Lipinski definition) is 3. The lowest BCUT2D eigenvalue weighted by molar-refractivity contribution is -0.115. The van der Waals surface area contributed by atoms with E-state index in [1.165, 1.54) is 6.20 Å². The van der Waals surface area contributed by atoms with Gasteiger partial charge in [0.2, 0.25) is 5.91 Å². The molecule has 2 amide bonds. The number of para-hydroxylation sites is 1.